The molecule has 6 nitrogen and oxygen atoms in total. The van der Waals surface area contributed by atoms with E-state index in [1.807, 2.05) is 59.2 Å². The van der Waals surface area contributed by atoms with E-state index < -0.39 is 17.9 Å². The zero-order chi connectivity index (χ0) is 20.4. The first kappa shape index (κ1) is 19.2. The van der Waals surface area contributed by atoms with Crippen LogP contribution in [0.15, 0.2) is 54.6 Å². The molecule has 0 aliphatic carbocycles. The molecule has 1 aromatic heterocycles. The summed E-state index contributed by atoms with van der Waals surface area (Å²) in [4.78, 5) is 32.9. The predicted molar refractivity (Wildman–Crippen MR) is 112 cm³/mol. The lowest BCUT2D eigenvalue weighted by atomic mass is 9.89. The van der Waals surface area contributed by atoms with E-state index in [1.54, 1.807) is 11.8 Å². The van der Waals surface area contributed by atoms with Gasteiger partial charge in [0, 0.05) is 6.54 Å². The molecule has 2 heterocycles. The normalized spacial score (nSPS) is 18.7. The number of hydrogen-bond donors (Lipinski definition) is 0. The largest absolute Gasteiger partial charge is 0.465 e. The Balaban J connectivity index is 1.97. The van der Waals surface area contributed by atoms with Gasteiger partial charge in [-0.25, -0.2) is 4.98 Å². The highest BCUT2D eigenvalue weighted by Crippen LogP contribution is 2.41. The third kappa shape index (κ3) is 3.28. The molecular formula is C23H25N3O3. The molecule has 0 radical (unpaired) electrons. The SMILES string of the molecule is CCCCN1C(=O)C(C(=O)OCC)C(c2ccccc2)n2c1nc1ccccc12. The molecule has 2 aromatic carbocycles. The van der Waals surface area contributed by atoms with Crippen LogP contribution in [-0.2, 0) is 14.3 Å². The summed E-state index contributed by atoms with van der Waals surface area (Å²) in [6, 6.07) is 17.0. The summed E-state index contributed by atoms with van der Waals surface area (Å²) in [7, 11) is 0. The number of ether oxygens (including phenoxy) is 1. The first-order valence-corrected chi connectivity index (χ1v) is 10.2. The van der Waals surface area contributed by atoms with Gasteiger partial charge in [0.25, 0.3) is 0 Å². The molecule has 150 valence electrons. The van der Waals surface area contributed by atoms with Gasteiger partial charge >= 0.3 is 5.97 Å². The molecule has 1 amide bonds. The third-order valence-electron chi connectivity index (χ3n) is 5.36. The monoisotopic (exact) mass is 391 g/mol. The first-order chi connectivity index (χ1) is 14.2. The van der Waals surface area contributed by atoms with Crippen LogP contribution in [0.4, 0.5) is 5.95 Å². The lowest BCUT2D eigenvalue weighted by Crippen LogP contribution is -2.50. The topological polar surface area (TPSA) is 64.4 Å². The predicted octanol–water partition coefficient (Wildman–Crippen LogP) is 3.95. The highest BCUT2D eigenvalue weighted by atomic mass is 16.5. The average Bonchev–Trinajstić information content (AvgIpc) is 3.12. The Labute approximate surface area is 170 Å². The Hall–Kier alpha value is -3.15. The lowest BCUT2D eigenvalue weighted by Gasteiger charge is -2.38. The minimum absolute atomic E-state index is 0.233. The number of rotatable bonds is 6. The number of carbonyl (C=O) groups is 2. The van der Waals surface area contributed by atoms with E-state index in [4.69, 9.17) is 9.72 Å². The smallest absolute Gasteiger partial charge is 0.321 e. The van der Waals surface area contributed by atoms with Crippen molar-refractivity contribution in [1.82, 2.24) is 9.55 Å². The van der Waals surface area contributed by atoms with Gasteiger partial charge in [0.1, 0.15) is 0 Å². The Morgan fingerprint density at radius 2 is 1.79 bits per heavy atom. The number of unbranched alkanes of at least 4 members (excludes halogenated alkanes) is 1. The van der Waals surface area contributed by atoms with Crippen LogP contribution in [0.2, 0.25) is 0 Å². The molecule has 0 fully saturated rings. The van der Waals surface area contributed by atoms with Gasteiger partial charge in [0.2, 0.25) is 11.9 Å². The van der Waals surface area contributed by atoms with E-state index in [0.29, 0.717) is 12.5 Å². The standard InChI is InChI=1S/C23H25N3O3/c1-3-5-15-25-21(27)19(22(28)29-4-2)20(16-11-7-6-8-12-16)26-18-14-10-9-13-17(18)24-23(25)26/h6-14,19-20H,3-5,15H2,1-2H3. The van der Waals surface area contributed by atoms with Crippen LogP contribution in [0.3, 0.4) is 0 Å². The highest BCUT2D eigenvalue weighted by molar-refractivity contribution is 6.08. The van der Waals surface area contributed by atoms with E-state index >= 15 is 0 Å². The number of amides is 1. The molecule has 0 saturated heterocycles. The van der Waals surface area contributed by atoms with Crippen molar-refractivity contribution in [2.24, 2.45) is 5.92 Å². The number of aromatic nitrogens is 2. The Morgan fingerprint density at radius 1 is 1.07 bits per heavy atom. The van der Waals surface area contributed by atoms with Crippen LogP contribution in [0.1, 0.15) is 38.3 Å². The fraction of sp³-hybridized carbons (Fsp3) is 0.348. The van der Waals surface area contributed by atoms with E-state index in [0.717, 1.165) is 29.4 Å². The quantitative estimate of drug-likeness (QED) is 0.471. The molecule has 0 spiro atoms. The van der Waals surface area contributed by atoms with Gasteiger partial charge in [-0.3, -0.25) is 14.5 Å². The van der Waals surface area contributed by atoms with Crippen molar-refractivity contribution < 1.29 is 14.3 Å². The van der Waals surface area contributed by atoms with Crippen LogP contribution in [0, 0.1) is 5.92 Å². The van der Waals surface area contributed by atoms with Crippen molar-refractivity contribution in [3.05, 3.63) is 60.2 Å². The molecule has 2 atom stereocenters. The van der Waals surface area contributed by atoms with Crippen molar-refractivity contribution in [2.45, 2.75) is 32.7 Å². The fourth-order valence-corrected chi connectivity index (χ4v) is 4.03. The van der Waals surface area contributed by atoms with E-state index in [-0.39, 0.29) is 12.5 Å². The maximum Gasteiger partial charge on any atom is 0.321 e. The minimum Gasteiger partial charge on any atom is -0.465 e. The van der Waals surface area contributed by atoms with Crippen molar-refractivity contribution in [2.75, 3.05) is 18.1 Å². The Morgan fingerprint density at radius 3 is 2.52 bits per heavy atom. The van der Waals surface area contributed by atoms with Gasteiger partial charge in [-0.05, 0) is 31.0 Å². The summed E-state index contributed by atoms with van der Waals surface area (Å²) < 4.78 is 7.37. The minimum atomic E-state index is -0.945. The van der Waals surface area contributed by atoms with Gasteiger partial charge in [-0.2, -0.15) is 0 Å². The fourth-order valence-electron chi connectivity index (χ4n) is 4.03. The molecule has 3 aromatic rings. The van der Waals surface area contributed by atoms with Gasteiger partial charge in [-0.15, -0.1) is 0 Å². The molecule has 6 heteroatoms. The summed E-state index contributed by atoms with van der Waals surface area (Å²) in [5, 5.41) is 0. The third-order valence-corrected chi connectivity index (χ3v) is 5.36. The number of para-hydroxylation sites is 2. The van der Waals surface area contributed by atoms with Crippen molar-refractivity contribution >= 4 is 28.9 Å². The zero-order valence-electron chi connectivity index (χ0n) is 16.7. The van der Waals surface area contributed by atoms with Gasteiger partial charge < -0.3 is 9.30 Å². The molecule has 1 aliphatic heterocycles. The molecule has 1 aliphatic rings. The lowest BCUT2D eigenvalue weighted by molar-refractivity contribution is -0.153. The Kier molecular flexibility index (Phi) is 5.34. The number of anilines is 1. The molecule has 0 N–H and O–H groups in total. The Bertz CT molecular complexity index is 1030. The van der Waals surface area contributed by atoms with E-state index in [9.17, 15) is 9.59 Å². The molecule has 29 heavy (non-hydrogen) atoms. The van der Waals surface area contributed by atoms with Crippen LogP contribution >= 0.6 is 0 Å². The number of nitrogens with zero attached hydrogens (tertiary/aromatic N) is 3. The first-order valence-electron chi connectivity index (χ1n) is 10.2. The summed E-state index contributed by atoms with van der Waals surface area (Å²) in [6.07, 6.45) is 1.77. The molecule has 0 bridgehead atoms. The molecule has 0 saturated carbocycles. The number of carbonyl (C=O) groups excluding carboxylic acids is 2. The number of esters is 1. The second kappa shape index (κ2) is 8.07. The summed E-state index contributed by atoms with van der Waals surface area (Å²) in [5.74, 6) is -1.08. The molecular weight excluding hydrogens is 366 g/mol. The van der Waals surface area contributed by atoms with Gasteiger partial charge in [0.15, 0.2) is 5.92 Å². The van der Waals surface area contributed by atoms with Crippen LogP contribution in [-0.4, -0.2) is 34.6 Å². The van der Waals surface area contributed by atoms with Crippen LogP contribution in [0.25, 0.3) is 11.0 Å². The number of hydrogen-bond acceptors (Lipinski definition) is 4. The molecule has 2 unspecified atom stereocenters. The summed E-state index contributed by atoms with van der Waals surface area (Å²) in [6.45, 7) is 4.59. The van der Waals surface area contributed by atoms with Crippen LogP contribution < -0.4 is 4.90 Å². The highest BCUT2D eigenvalue weighted by Gasteiger charge is 2.47. The van der Waals surface area contributed by atoms with Crippen molar-refractivity contribution in [1.29, 1.82) is 0 Å². The van der Waals surface area contributed by atoms with E-state index in [2.05, 4.69) is 6.92 Å². The maximum absolute atomic E-state index is 13.5. The van der Waals surface area contributed by atoms with Crippen molar-refractivity contribution in [3.63, 3.8) is 0 Å². The second-order valence-electron chi connectivity index (χ2n) is 7.20. The van der Waals surface area contributed by atoms with Gasteiger partial charge in [-0.1, -0.05) is 55.8 Å². The van der Waals surface area contributed by atoms with Crippen molar-refractivity contribution in [3.8, 4) is 0 Å². The molecule has 4 rings (SSSR count). The van der Waals surface area contributed by atoms with Crippen LogP contribution in [0.5, 0.6) is 0 Å². The second-order valence-corrected chi connectivity index (χ2v) is 7.20. The number of imidazole rings is 1. The number of benzene rings is 2. The maximum atomic E-state index is 13.5. The summed E-state index contributed by atoms with van der Waals surface area (Å²) >= 11 is 0. The zero-order valence-corrected chi connectivity index (χ0v) is 16.7. The van der Waals surface area contributed by atoms with E-state index in [1.165, 1.54) is 0 Å². The van der Waals surface area contributed by atoms with Gasteiger partial charge in [0.05, 0.1) is 23.7 Å². The number of fused-ring (bicyclic) bond motifs is 3. The average molecular weight is 391 g/mol. The summed E-state index contributed by atoms with van der Waals surface area (Å²) in [5.41, 5.74) is 2.60.